The SMILES string of the molecule is CN(Cc1ccc(Br)cc1F)c1ccccc1/C(N)=N/O. The van der Waals surface area contributed by atoms with Crippen LogP contribution in [0.4, 0.5) is 10.1 Å². The summed E-state index contributed by atoms with van der Waals surface area (Å²) in [6, 6.07) is 12.2. The lowest BCUT2D eigenvalue weighted by Crippen LogP contribution is -2.23. The zero-order valence-corrected chi connectivity index (χ0v) is 13.0. The highest BCUT2D eigenvalue weighted by Crippen LogP contribution is 2.23. The van der Waals surface area contributed by atoms with Gasteiger partial charge in [0.05, 0.1) is 0 Å². The van der Waals surface area contributed by atoms with Crippen LogP contribution in [0.15, 0.2) is 52.1 Å². The molecule has 2 aromatic carbocycles. The molecular formula is C15H15BrFN3O. The Morgan fingerprint density at radius 2 is 2.05 bits per heavy atom. The normalized spacial score (nSPS) is 11.5. The molecule has 0 radical (unpaired) electrons. The van der Waals surface area contributed by atoms with Crippen molar-refractivity contribution in [3.8, 4) is 0 Å². The summed E-state index contributed by atoms with van der Waals surface area (Å²) in [5.41, 5.74) is 7.59. The topological polar surface area (TPSA) is 61.8 Å². The summed E-state index contributed by atoms with van der Waals surface area (Å²) in [6.45, 7) is 0.370. The quantitative estimate of drug-likeness (QED) is 0.384. The van der Waals surface area contributed by atoms with Crippen molar-refractivity contribution in [1.29, 1.82) is 0 Å². The van der Waals surface area contributed by atoms with Crippen LogP contribution in [0, 0.1) is 5.82 Å². The van der Waals surface area contributed by atoms with Gasteiger partial charge in [0.25, 0.3) is 0 Å². The maximum Gasteiger partial charge on any atom is 0.172 e. The number of nitrogens with zero attached hydrogens (tertiary/aromatic N) is 2. The standard InChI is InChI=1S/C15H15BrFN3O/c1-20(9-10-6-7-11(16)8-13(10)17)14-5-3-2-4-12(14)15(18)19-21/h2-8,21H,9H2,1H3,(H2,18,19). The van der Waals surface area contributed by atoms with Crippen molar-refractivity contribution < 1.29 is 9.60 Å². The van der Waals surface area contributed by atoms with Crippen molar-refractivity contribution in [1.82, 2.24) is 0 Å². The summed E-state index contributed by atoms with van der Waals surface area (Å²) < 4.78 is 14.6. The molecule has 0 bridgehead atoms. The van der Waals surface area contributed by atoms with Gasteiger partial charge in [-0.15, -0.1) is 0 Å². The third kappa shape index (κ3) is 3.52. The van der Waals surface area contributed by atoms with Gasteiger partial charge in [-0.1, -0.05) is 39.3 Å². The summed E-state index contributed by atoms with van der Waals surface area (Å²) in [5.74, 6) is -0.258. The molecule has 0 aliphatic rings. The third-order valence-electron chi connectivity index (χ3n) is 3.12. The van der Waals surface area contributed by atoms with Gasteiger partial charge in [0.15, 0.2) is 5.84 Å². The lowest BCUT2D eigenvalue weighted by molar-refractivity contribution is 0.318. The molecule has 0 fully saturated rings. The molecule has 0 amide bonds. The Kier molecular flexibility index (Phi) is 4.80. The number of amidine groups is 1. The van der Waals surface area contributed by atoms with Gasteiger partial charge in [0.2, 0.25) is 0 Å². The van der Waals surface area contributed by atoms with E-state index in [-0.39, 0.29) is 11.7 Å². The number of oxime groups is 1. The van der Waals surface area contributed by atoms with Gasteiger partial charge in [0, 0.05) is 34.9 Å². The Morgan fingerprint density at radius 3 is 2.71 bits per heavy atom. The Labute approximate surface area is 130 Å². The molecule has 0 aliphatic heterocycles. The predicted octanol–water partition coefficient (Wildman–Crippen LogP) is 3.32. The summed E-state index contributed by atoms with van der Waals surface area (Å²) in [5, 5.41) is 11.9. The average Bonchev–Trinajstić information content (AvgIpc) is 2.49. The first kappa shape index (κ1) is 15.3. The van der Waals surface area contributed by atoms with Gasteiger partial charge in [-0.2, -0.15) is 0 Å². The second kappa shape index (κ2) is 6.58. The molecule has 0 aromatic heterocycles. The first-order valence-electron chi connectivity index (χ1n) is 6.25. The van der Waals surface area contributed by atoms with Gasteiger partial charge in [-0.05, 0) is 24.3 Å². The third-order valence-corrected chi connectivity index (χ3v) is 3.61. The molecule has 110 valence electrons. The highest BCUT2D eigenvalue weighted by molar-refractivity contribution is 9.10. The molecule has 0 spiro atoms. The molecule has 0 heterocycles. The monoisotopic (exact) mass is 351 g/mol. The number of anilines is 1. The van der Waals surface area contributed by atoms with Crippen LogP contribution in [-0.2, 0) is 6.54 Å². The molecule has 21 heavy (non-hydrogen) atoms. The highest BCUT2D eigenvalue weighted by Gasteiger charge is 2.12. The van der Waals surface area contributed by atoms with Gasteiger partial charge in [-0.25, -0.2) is 4.39 Å². The van der Waals surface area contributed by atoms with E-state index in [4.69, 9.17) is 10.9 Å². The Hall–Kier alpha value is -2.08. The molecular weight excluding hydrogens is 337 g/mol. The van der Waals surface area contributed by atoms with E-state index in [0.29, 0.717) is 22.1 Å². The van der Waals surface area contributed by atoms with Crippen LogP contribution in [0.3, 0.4) is 0 Å². The van der Waals surface area contributed by atoms with Crippen LogP contribution >= 0.6 is 15.9 Å². The van der Waals surface area contributed by atoms with Crippen LogP contribution < -0.4 is 10.6 Å². The smallest absolute Gasteiger partial charge is 0.172 e. The van der Waals surface area contributed by atoms with E-state index in [0.717, 1.165) is 5.69 Å². The number of hydrogen-bond donors (Lipinski definition) is 2. The van der Waals surface area contributed by atoms with Crippen LogP contribution in [-0.4, -0.2) is 18.1 Å². The zero-order valence-electron chi connectivity index (χ0n) is 11.4. The van der Waals surface area contributed by atoms with Crippen molar-refractivity contribution in [2.45, 2.75) is 6.54 Å². The van der Waals surface area contributed by atoms with Crippen LogP contribution in [0.2, 0.25) is 0 Å². The molecule has 0 atom stereocenters. The van der Waals surface area contributed by atoms with E-state index in [2.05, 4.69) is 21.1 Å². The molecule has 0 aliphatic carbocycles. The fourth-order valence-corrected chi connectivity index (χ4v) is 2.40. The lowest BCUT2D eigenvalue weighted by atomic mass is 10.1. The number of hydrogen-bond acceptors (Lipinski definition) is 3. The Morgan fingerprint density at radius 1 is 1.33 bits per heavy atom. The van der Waals surface area contributed by atoms with Crippen LogP contribution in [0.25, 0.3) is 0 Å². The van der Waals surface area contributed by atoms with Crippen molar-refractivity contribution in [3.05, 3.63) is 63.9 Å². The number of halogens is 2. The summed E-state index contributed by atoms with van der Waals surface area (Å²) >= 11 is 3.23. The van der Waals surface area contributed by atoms with E-state index < -0.39 is 0 Å². The predicted molar refractivity (Wildman–Crippen MR) is 85.2 cm³/mol. The number of rotatable bonds is 4. The fraction of sp³-hybridized carbons (Fsp3) is 0.133. The van der Waals surface area contributed by atoms with E-state index >= 15 is 0 Å². The molecule has 0 saturated heterocycles. The number of nitrogens with two attached hydrogens (primary N) is 1. The second-order valence-corrected chi connectivity index (χ2v) is 5.51. The van der Waals surface area contributed by atoms with E-state index in [1.54, 1.807) is 24.3 Å². The minimum atomic E-state index is -0.280. The fourth-order valence-electron chi connectivity index (χ4n) is 2.07. The molecule has 4 nitrogen and oxygen atoms in total. The molecule has 2 aromatic rings. The van der Waals surface area contributed by atoms with Crippen LogP contribution in [0.5, 0.6) is 0 Å². The zero-order chi connectivity index (χ0) is 15.4. The van der Waals surface area contributed by atoms with E-state index in [1.165, 1.54) is 6.07 Å². The van der Waals surface area contributed by atoms with Gasteiger partial charge < -0.3 is 15.8 Å². The van der Waals surface area contributed by atoms with Crippen molar-refractivity contribution in [2.75, 3.05) is 11.9 Å². The minimum Gasteiger partial charge on any atom is -0.409 e. The minimum absolute atomic E-state index is 0.0220. The van der Waals surface area contributed by atoms with Crippen molar-refractivity contribution in [3.63, 3.8) is 0 Å². The summed E-state index contributed by atoms with van der Waals surface area (Å²) in [4.78, 5) is 1.85. The Balaban J connectivity index is 2.30. The van der Waals surface area contributed by atoms with Crippen molar-refractivity contribution >= 4 is 27.5 Å². The Bertz CT molecular complexity index is 676. The average molecular weight is 352 g/mol. The van der Waals surface area contributed by atoms with Crippen LogP contribution in [0.1, 0.15) is 11.1 Å². The first-order valence-corrected chi connectivity index (χ1v) is 7.04. The van der Waals surface area contributed by atoms with E-state index in [9.17, 15) is 4.39 Å². The molecule has 0 saturated carbocycles. The lowest BCUT2D eigenvalue weighted by Gasteiger charge is -2.22. The van der Waals surface area contributed by atoms with Gasteiger partial charge in [-0.3, -0.25) is 0 Å². The molecule has 6 heteroatoms. The first-order chi connectivity index (χ1) is 10.0. The highest BCUT2D eigenvalue weighted by atomic mass is 79.9. The maximum atomic E-state index is 13.9. The number of para-hydroxylation sites is 1. The maximum absolute atomic E-state index is 13.9. The van der Waals surface area contributed by atoms with Gasteiger partial charge >= 0.3 is 0 Å². The van der Waals surface area contributed by atoms with Gasteiger partial charge in [0.1, 0.15) is 5.82 Å². The van der Waals surface area contributed by atoms with E-state index in [1.807, 2.05) is 24.1 Å². The number of benzene rings is 2. The van der Waals surface area contributed by atoms with Crippen molar-refractivity contribution in [2.24, 2.45) is 10.9 Å². The second-order valence-electron chi connectivity index (χ2n) is 4.59. The largest absolute Gasteiger partial charge is 0.409 e. The summed E-state index contributed by atoms with van der Waals surface area (Å²) in [7, 11) is 1.82. The summed E-state index contributed by atoms with van der Waals surface area (Å²) in [6.07, 6.45) is 0. The molecule has 0 unspecified atom stereocenters. The molecule has 3 N–H and O–H groups in total. The molecule has 2 rings (SSSR count).